The molecule has 3 N–H and O–H groups in total. The van der Waals surface area contributed by atoms with E-state index in [4.69, 9.17) is 11.6 Å². The van der Waals surface area contributed by atoms with Crippen LogP contribution in [0, 0.1) is 5.41 Å². The number of sulfonamides is 1. The molecule has 1 atom stereocenters. The van der Waals surface area contributed by atoms with Gasteiger partial charge in [0, 0.05) is 5.02 Å². The van der Waals surface area contributed by atoms with Gasteiger partial charge in [-0.25, -0.2) is 8.42 Å². The van der Waals surface area contributed by atoms with Gasteiger partial charge >= 0.3 is 11.9 Å². The number of carboxylic acid groups (broad SMARTS) is 2. The standard InChI is InChI=1S/C20H22ClNO6S/c1-19(2,3)20(18(25)26,12-17(23)24)22-29(27,28)16-10-6-14(7-11-16)13-4-8-15(21)9-5-13/h4-11,22H,12H2,1-3H3,(H,23,24)(H,25,26)/t20-/m0/s1. The van der Waals surface area contributed by atoms with Gasteiger partial charge in [0.1, 0.15) is 5.54 Å². The predicted octanol–water partition coefficient (Wildman–Crippen LogP) is 3.63. The number of carbonyl (C=O) groups is 2. The second-order valence-electron chi connectivity index (χ2n) is 7.67. The van der Waals surface area contributed by atoms with Crippen molar-refractivity contribution < 1.29 is 28.2 Å². The van der Waals surface area contributed by atoms with Gasteiger partial charge in [-0.2, -0.15) is 4.72 Å². The first kappa shape index (κ1) is 22.9. The number of hydrogen-bond donors (Lipinski definition) is 3. The minimum atomic E-state index is -4.31. The number of aliphatic carboxylic acids is 2. The summed E-state index contributed by atoms with van der Waals surface area (Å²) < 4.78 is 27.9. The minimum Gasteiger partial charge on any atom is -0.481 e. The summed E-state index contributed by atoms with van der Waals surface area (Å²) in [6.07, 6.45) is -0.909. The zero-order valence-corrected chi connectivity index (χ0v) is 17.7. The molecule has 2 aromatic carbocycles. The number of nitrogens with one attached hydrogen (secondary N) is 1. The molecule has 0 aliphatic heterocycles. The highest BCUT2D eigenvalue weighted by Gasteiger charge is 2.53. The Bertz CT molecular complexity index is 1010. The molecule has 0 saturated heterocycles. The third kappa shape index (κ3) is 4.95. The van der Waals surface area contributed by atoms with Gasteiger partial charge < -0.3 is 10.2 Å². The molecule has 0 aliphatic rings. The summed E-state index contributed by atoms with van der Waals surface area (Å²) in [7, 11) is -4.31. The van der Waals surface area contributed by atoms with Gasteiger partial charge in [0.2, 0.25) is 10.0 Å². The van der Waals surface area contributed by atoms with Crippen molar-refractivity contribution in [2.45, 2.75) is 37.6 Å². The lowest BCUT2D eigenvalue weighted by Crippen LogP contribution is -2.63. The van der Waals surface area contributed by atoms with Crippen LogP contribution in [0.2, 0.25) is 5.02 Å². The van der Waals surface area contributed by atoms with Crippen molar-refractivity contribution in [3.8, 4) is 11.1 Å². The molecule has 0 amide bonds. The molecular weight excluding hydrogens is 418 g/mol. The van der Waals surface area contributed by atoms with Crippen molar-refractivity contribution in [1.82, 2.24) is 4.72 Å². The fourth-order valence-electron chi connectivity index (χ4n) is 2.88. The molecule has 156 valence electrons. The molecule has 0 bridgehead atoms. The average Bonchev–Trinajstić information content (AvgIpc) is 2.60. The van der Waals surface area contributed by atoms with E-state index in [2.05, 4.69) is 4.72 Å². The van der Waals surface area contributed by atoms with Crippen LogP contribution in [0.15, 0.2) is 53.4 Å². The van der Waals surface area contributed by atoms with Gasteiger partial charge in [-0.05, 0) is 40.8 Å². The van der Waals surface area contributed by atoms with Crippen LogP contribution in [0.25, 0.3) is 11.1 Å². The van der Waals surface area contributed by atoms with Crippen LogP contribution in [0.1, 0.15) is 27.2 Å². The summed E-state index contributed by atoms with van der Waals surface area (Å²) in [4.78, 5) is 23.1. The first-order chi connectivity index (χ1) is 13.3. The highest BCUT2D eigenvalue weighted by molar-refractivity contribution is 7.89. The van der Waals surface area contributed by atoms with Crippen molar-refractivity contribution in [3.63, 3.8) is 0 Å². The van der Waals surface area contributed by atoms with Crippen LogP contribution in [0.5, 0.6) is 0 Å². The fourth-order valence-corrected chi connectivity index (χ4v) is 4.54. The quantitative estimate of drug-likeness (QED) is 0.605. The van der Waals surface area contributed by atoms with E-state index in [-0.39, 0.29) is 4.90 Å². The van der Waals surface area contributed by atoms with Crippen molar-refractivity contribution >= 4 is 33.6 Å². The summed E-state index contributed by atoms with van der Waals surface area (Å²) in [5.41, 5.74) is -1.88. The maximum Gasteiger partial charge on any atom is 0.326 e. The van der Waals surface area contributed by atoms with Gasteiger partial charge in [-0.15, -0.1) is 0 Å². The third-order valence-corrected chi connectivity index (χ3v) is 6.47. The first-order valence-corrected chi connectivity index (χ1v) is 10.5. The molecule has 29 heavy (non-hydrogen) atoms. The lowest BCUT2D eigenvalue weighted by molar-refractivity contribution is -0.155. The molecule has 0 unspecified atom stereocenters. The van der Waals surface area contributed by atoms with Crippen LogP contribution in [-0.2, 0) is 19.6 Å². The lowest BCUT2D eigenvalue weighted by atomic mass is 9.72. The maximum atomic E-state index is 12.9. The van der Waals surface area contributed by atoms with E-state index in [1.165, 1.54) is 32.9 Å². The van der Waals surface area contributed by atoms with Gasteiger partial charge in [0.05, 0.1) is 11.3 Å². The van der Waals surface area contributed by atoms with Crippen molar-refractivity contribution in [3.05, 3.63) is 53.6 Å². The molecule has 2 rings (SSSR count). The van der Waals surface area contributed by atoms with Crippen molar-refractivity contribution in [2.24, 2.45) is 5.41 Å². The predicted molar refractivity (Wildman–Crippen MR) is 109 cm³/mol. The van der Waals surface area contributed by atoms with Crippen molar-refractivity contribution in [1.29, 1.82) is 0 Å². The van der Waals surface area contributed by atoms with Gasteiger partial charge in [-0.1, -0.05) is 56.6 Å². The second-order valence-corrected chi connectivity index (χ2v) is 9.79. The molecular formula is C20H22ClNO6S. The third-order valence-electron chi connectivity index (χ3n) is 4.71. The Balaban J connectivity index is 2.43. The number of carboxylic acids is 2. The van der Waals surface area contributed by atoms with Crippen LogP contribution < -0.4 is 4.72 Å². The Morgan fingerprint density at radius 3 is 1.76 bits per heavy atom. The topological polar surface area (TPSA) is 121 Å². The molecule has 0 fully saturated rings. The summed E-state index contributed by atoms with van der Waals surface area (Å²) >= 11 is 5.87. The zero-order valence-electron chi connectivity index (χ0n) is 16.1. The van der Waals surface area contributed by atoms with Crippen molar-refractivity contribution in [2.75, 3.05) is 0 Å². The second kappa shape index (κ2) is 8.14. The maximum absolute atomic E-state index is 12.9. The van der Waals surface area contributed by atoms with Gasteiger partial charge in [0.15, 0.2) is 0 Å². The monoisotopic (exact) mass is 439 g/mol. The highest BCUT2D eigenvalue weighted by atomic mass is 35.5. The Morgan fingerprint density at radius 2 is 1.38 bits per heavy atom. The van der Waals surface area contributed by atoms with E-state index < -0.39 is 39.3 Å². The minimum absolute atomic E-state index is 0.171. The number of benzene rings is 2. The van der Waals surface area contributed by atoms with Crippen LogP contribution in [0.3, 0.4) is 0 Å². The summed E-state index contributed by atoms with van der Waals surface area (Å²) in [6.45, 7) is 4.41. The molecule has 0 spiro atoms. The molecule has 0 aromatic heterocycles. The number of rotatable bonds is 7. The van der Waals surface area contributed by atoms with E-state index >= 15 is 0 Å². The fraction of sp³-hybridized carbons (Fsp3) is 0.300. The van der Waals surface area contributed by atoms with Gasteiger partial charge in [0.25, 0.3) is 0 Å². The zero-order chi connectivity index (χ0) is 22.0. The molecule has 0 aliphatic carbocycles. The Kier molecular flexibility index (Phi) is 6.42. The normalized spacial score (nSPS) is 14.2. The molecule has 9 heteroatoms. The number of hydrogen-bond acceptors (Lipinski definition) is 4. The molecule has 0 radical (unpaired) electrons. The number of halogens is 1. The molecule has 0 saturated carbocycles. The largest absolute Gasteiger partial charge is 0.481 e. The average molecular weight is 440 g/mol. The molecule has 7 nitrogen and oxygen atoms in total. The highest BCUT2D eigenvalue weighted by Crippen LogP contribution is 2.35. The van der Waals surface area contributed by atoms with E-state index in [1.807, 2.05) is 0 Å². The molecule has 0 heterocycles. The van der Waals surface area contributed by atoms with E-state index in [9.17, 15) is 28.2 Å². The summed E-state index contributed by atoms with van der Waals surface area (Å²) in [6, 6.07) is 12.8. The van der Waals surface area contributed by atoms with Crippen LogP contribution >= 0.6 is 11.6 Å². The van der Waals surface area contributed by atoms with Gasteiger partial charge in [-0.3, -0.25) is 9.59 Å². The van der Waals surface area contributed by atoms with E-state index in [1.54, 1.807) is 36.4 Å². The van der Waals surface area contributed by atoms with E-state index in [0.717, 1.165) is 11.1 Å². The first-order valence-electron chi connectivity index (χ1n) is 8.64. The Morgan fingerprint density at radius 1 is 0.931 bits per heavy atom. The Labute approximate surface area is 174 Å². The van der Waals surface area contributed by atoms with E-state index in [0.29, 0.717) is 5.02 Å². The van der Waals surface area contributed by atoms with Crippen LogP contribution in [-0.4, -0.2) is 36.1 Å². The van der Waals surface area contributed by atoms with Crippen LogP contribution in [0.4, 0.5) is 0 Å². The molecule has 2 aromatic rings. The summed E-state index contributed by atoms with van der Waals surface area (Å²) in [5.74, 6) is -2.99. The summed E-state index contributed by atoms with van der Waals surface area (Å²) in [5, 5.41) is 19.5. The SMILES string of the molecule is CC(C)(C)[C@@](CC(=O)O)(NS(=O)(=O)c1ccc(-c2ccc(Cl)cc2)cc1)C(=O)O. The smallest absolute Gasteiger partial charge is 0.326 e. The lowest BCUT2D eigenvalue weighted by Gasteiger charge is -2.40. The Hall–Kier alpha value is -2.42.